The molecule has 0 saturated carbocycles. The number of hydrogen-bond acceptors (Lipinski definition) is 6. The molecule has 1 aromatic carbocycles. The van der Waals surface area contributed by atoms with Crippen molar-refractivity contribution in [3.63, 3.8) is 0 Å². The molecule has 1 N–H and O–H groups in total. The molecule has 4 rings (SSSR count). The van der Waals surface area contributed by atoms with Gasteiger partial charge < -0.3 is 19.7 Å². The predicted octanol–water partition coefficient (Wildman–Crippen LogP) is 5.46. The molecule has 2 aromatic heterocycles. The van der Waals surface area contributed by atoms with Gasteiger partial charge in [-0.2, -0.15) is 0 Å². The van der Waals surface area contributed by atoms with Crippen LogP contribution < -0.4 is 10.2 Å². The Balaban J connectivity index is 0.00000237. The van der Waals surface area contributed by atoms with E-state index in [9.17, 15) is 9.59 Å². The van der Waals surface area contributed by atoms with Crippen LogP contribution in [0.2, 0.25) is 0 Å². The minimum Gasteiger partial charge on any atom is -0.388 e. The van der Waals surface area contributed by atoms with E-state index in [2.05, 4.69) is 52.8 Å². The van der Waals surface area contributed by atoms with Crippen LogP contribution in [0.1, 0.15) is 53.0 Å². The number of allylic oxidation sites excluding steroid dienone is 2. The first-order valence-electron chi connectivity index (χ1n) is 14.6. The topological polar surface area (TPSA) is 73.7 Å². The summed E-state index contributed by atoms with van der Waals surface area (Å²) in [6.07, 6.45) is 11.2. The molecule has 224 valence electrons. The second-order valence-corrected chi connectivity index (χ2v) is 10.6. The van der Waals surface area contributed by atoms with E-state index in [1.807, 2.05) is 62.5 Å². The fourth-order valence-electron chi connectivity index (χ4n) is 5.45. The Morgan fingerprint density at radius 1 is 1.12 bits per heavy atom. The predicted molar refractivity (Wildman–Crippen MR) is 175 cm³/mol. The number of hydrogen-bond donors (Lipinski definition) is 1. The largest absolute Gasteiger partial charge is 0.388 e. The second kappa shape index (κ2) is 14.6. The maximum atomic E-state index is 12.5. The quantitative estimate of drug-likeness (QED) is 0.209. The minimum atomic E-state index is 0.0359. The minimum absolute atomic E-state index is 0.0359. The lowest BCUT2D eigenvalue weighted by Crippen LogP contribution is -2.29. The van der Waals surface area contributed by atoms with Gasteiger partial charge in [-0.05, 0) is 72.9 Å². The number of amides is 1. The van der Waals surface area contributed by atoms with Gasteiger partial charge in [-0.3, -0.25) is 14.5 Å². The Kier molecular flexibility index (Phi) is 11.3. The van der Waals surface area contributed by atoms with Gasteiger partial charge >= 0.3 is 0 Å². The molecule has 1 aliphatic rings. The normalized spacial score (nSPS) is 13.9. The fraction of sp³-hybridized carbons (Fsp3) is 0.382. The van der Waals surface area contributed by atoms with Crippen molar-refractivity contribution in [1.29, 1.82) is 0 Å². The third-order valence-corrected chi connectivity index (χ3v) is 7.59. The Labute approximate surface area is 251 Å². The standard InChI is InChI=1S/C32H40N6O2.C2H6/c1-22-18-25(32(40)35(4)5)19-23(2)30(22)24-9-15-38(16-10-24)21-27-20-28-29(8-13-34-31(28)37(27)7)36(6)14-11-26(33-3)12-17-39;1-2/h8-9,11-14,17-20,33H,10,15-16,21H2,1-7H3;1-2H3/b14-11-,26-12+;. The van der Waals surface area contributed by atoms with E-state index < -0.39 is 0 Å². The van der Waals surface area contributed by atoms with E-state index in [4.69, 9.17) is 0 Å². The Morgan fingerprint density at radius 3 is 2.38 bits per heavy atom. The molecule has 0 radical (unpaired) electrons. The molecule has 0 spiro atoms. The van der Waals surface area contributed by atoms with Crippen LogP contribution in [0, 0.1) is 13.8 Å². The summed E-state index contributed by atoms with van der Waals surface area (Å²) in [7, 11) is 9.44. The number of aldehydes is 1. The molecule has 0 aliphatic carbocycles. The summed E-state index contributed by atoms with van der Waals surface area (Å²) < 4.78 is 2.18. The van der Waals surface area contributed by atoms with E-state index in [1.54, 1.807) is 26.0 Å². The summed E-state index contributed by atoms with van der Waals surface area (Å²) in [6, 6.07) is 8.28. The van der Waals surface area contributed by atoms with E-state index in [0.717, 1.165) is 71.4 Å². The van der Waals surface area contributed by atoms with E-state index in [-0.39, 0.29) is 5.91 Å². The Morgan fingerprint density at radius 2 is 1.81 bits per heavy atom. The van der Waals surface area contributed by atoms with Gasteiger partial charge in [-0.15, -0.1) is 0 Å². The first-order valence-corrected chi connectivity index (χ1v) is 14.6. The number of benzene rings is 1. The van der Waals surface area contributed by atoms with Crippen molar-refractivity contribution < 1.29 is 9.59 Å². The summed E-state index contributed by atoms with van der Waals surface area (Å²) >= 11 is 0. The van der Waals surface area contributed by atoms with Gasteiger partial charge in [0.2, 0.25) is 0 Å². The summed E-state index contributed by atoms with van der Waals surface area (Å²) in [6.45, 7) is 10.9. The lowest BCUT2D eigenvalue weighted by Gasteiger charge is -2.28. The van der Waals surface area contributed by atoms with Crippen molar-refractivity contribution in [3.05, 3.63) is 88.5 Å². The zero-order chi connectivity index (χ0) is 31.0. The molecule has 1 amide bonds. The number of likely N-dealkylation sites (N-methyl/N-ethyl adjacent to an activating group) is 1. The molecule has 8 nitrogen and oxygen atoms in total. The molecule has 8 heteroatoms. The molecule has 0 bridgehead atoms. The van der Waals surface area contributed by atoms with Crippen molar-refractivity contribution in [2.75, 3.05) is 46.2 Å². The molecule has 0 unspecified atom stereocenters. The lowest BCUT2D eigenvalue weighted by molar-refractivity contribution is -0.104. The number of nitrogens with one attached hydrogen (secondary N) is 1. The SMILES string of the molecule is CC.CNC(/C=C\N(C)c1ccnc2c1cc(CN1CC=C(c3c(C)cc(C(=O)N(C)C)cc3C)CC1)n2C)=C/C=O. The summed E-state index contributed by atoms with van der Waals surface area (Å²) in [5.74, 6) is 0.0359. The highest BCUT2D eigenvalue weighted by Crippen LogP contribution is 2.31. The highest BCUT2D eigenvalue weighted by Gasteiger charge is 2.20. The van der Waals surface area contributed by atoms with Crippen LogP contribution in [0.25, 0.3) is 16.6 Å². The van der Waals surface area contributed by atoms with Gasteiger partial charge in [0, 0.05) is 95.7 Å². The number of carbonyl (C=O) groups excluding carboxylic acids is 2. The highest BCUT2D eigenvalue weighted by atomic mass is 16.2. The average Bonchev–Trinajstić information content (AvgIpc) is 3.30. The summed E-state index contributed by atoms with van der Waals surface area (Å²) in [4.78, 5) is 34.1. The number of aromatic nitrogens is 2. The number of rotatable bonds is 9. The van der Waals surface area contributed by atoms with E-state index in [1.165, 1.54) is 22.9 Å². The fourth-order valence-corrected chi connectivity index (χ4v) is 5.45. The number of anilines is 1. The zero-order valence-corrected chi connectivity index (χ0v) is 26.7. The number of pyridine rings is 1. The van der Waals surface area contributed by atoms with Crippen LogP contribution >= 0.6 is 0 Å². The van der Waals surface area contributed by atoms with Crippen LogP contribution in [0.5, 0.6) is 0 Å². The second-order valence-electron chi connectivity index (χ2n) is 10.6. The lowest BCUT2D eigenvalue weighted by atomic mass is 9.90. The maximum Gasteiger partial charge on any atom is 0.253 e. The smallest absolute Gasteiger partial charge is 0.253 e. The van der Waals surface area contributed by atoms with Crippen LogP contribution in [0.3, 0.4) is 0 Å². The van der Waals surface area contributed by atoms with Crippen molar-refractivity contribution in [1.82, 2.24) is 24.7 Å². The van der Waals surface area contributed by atoms with E-state index in [0.29, 0.717) is 0 Å². The van der Waals surface area contributed by atoms with Crippen molar-refractivity contribution in [2.45, 2.75) is 40.7 Å². The van der Waals surface area contributed by atoms with Gasteiger partial charge in [0.05, 0.1) is 5.69 Å². The molecule has 0 atom stereocenters. The van der Waals surface area contributed by atoms with Gasteiger partial charge in [0.15, 0.2) is 0 Å². The molecular formula is C34H46N6O2. The monoisotopic (exact) mass is 570 g/mol. The van der Waals surface area contributed by atoms with Crippen LogP contribution in [-0.2, 0) is 18.4 Å². The Hall–Kier alpha value is -4.17. The molecule has 3 aromatic rings. The molecule has 3 heterocycles. The summed E-state index contributed by atoms with van der Waals surface area (Å²) in [5.41, 5.74) is 9.61. The molecular weight excluding hydrogens is 524 g/mol. The van der Waals surface area contributed by atoms with Crippen molar-refractivity contribution in [3.8, 4) is 0 Å². The highest BCUT2D eigenvalue weighted by molar-refractivity contribution is 5.95. The van der Waals surface area contributed by atoms with Crippen molar-refractivity contribution >= 4 is 34.5 Å². The molecule has 1 aliphatic heterocycles. The number of fused-ring (bicyclic) bond motifs is 1. The van der Waals surface area contributed by atoms with Crippen LogP contribution in [0.4, 0.5) is 5.69 Å². The van der Waals surface area contributed by atoms with Gasteiger partial charge in [0.1, 0.15) is 11.9 Å². The first-order chi connectivity index (χ1) is 20.1. The average molecular weight is 571 g/mol. The van der Waals surface area contributed by atoms with Gasteiger partial charge in [0.25, 0.3) is 5.91 Å². The zero-order valence-electron chi connectivity index (χ0n) is 26.7. The third-order valence-electron chi connectivity index (χ3n) is 7.59. The maximum absolute atomic E-state index is 12.5. The summed E-state index contributed by atoms with van der Waals surface area (Å²) in [5, 5.41) is 4.10. The van der Waals surface area contributed by atoms with Gasteiger partial charge in [-0.1, -0.05) is 19.9 Å². The van der Waals surface area contributed by atoms with E-state index >= 15 is 0 Å². The molecule has 42 heavy (non-hydrogen) atoms. The van der Waals surface area contributed by atoms with Gasteiger partial charge in [-0.25, -0.2) is 4.98 Å². The number of nitrogens with zero attached hydrogens (tertiary/aromatic N) is 5. The first kappa shape index (κ1) is 32.3. The van der Waals surface area contributed by atoms with Crippen LogP contribution in [0.15, 0.2) is 60.6 Å². The number of aryl methyl sites for hydroxylation is 3. The third kappa shape index (κ3) is 7.18. The van der Waals surface area contributed by atoms with Crippen molar-refractivity contribution in [2.24, 2.45) is 7.05 Å². The molecule has 0 fully saturated rings. The molecule has 0 saturated heterocycles. The Bertz CT molecular complexity index is 1490. The number of carbonyl (C=O) groups is 2. The van der Waals surface area contributed by atoms with Crippen LogP contribution in [-0.4, -0.2) is 72.8 Å².